The number of halogens is 1. The Morgan fingerprint density at radius 2 is 2.03 bits per heavy atom. The van der Waals surface area contributed by atoms with Crippen molar-refractivity contribution in [2.45, 2.75) is 71.4 Å². The number of ether oxygens (including phenoxy) is 1. The van der Waals surface area contributed by atoms with E-state index in [9.17, 15) is 4.39 Å². The number of unbranched alkanes of at least 4 members (excludes halogenated alkanes) is 3. The zero-order valence-corrected chi connectivity index (χ0v) is 20.7. The maximum Gasteiger partial charge on any atom is 0.151 e. The number of aromatic nitrogens is 3. The molecule has 1 aromatic carbocycles. The van der Waals surface area contributed by atoms with Gasteiger partial charge in [-0.25, -0.2) is 14.4 Å². The van der Waals surface area contributed by atoms with Crippen LogP contribution in [-0.2, 0) is 24.5 Å². The molecule has 4 rings (SSSR count). The number of nitrogens with zero attached hydrogens (tertiary/aromatic N) is 4. The van der Waals surface area contributed by atoms with E-state index in [-0.39, 0.29) is 0 Å². The number of alkyl halides is 1. The van der Waals surface area contributed by atoms with Gasteiger partial charge in [0.2, 0.25) is 0 Å². The molecule has 2 N–H and O–H groups in total. The van der Waals surface area contributed by atoms with Crippen LogP contribution >= 0.6 is 0 Å². The SMILES string of the molecule is CCCCc1nc(N)c2c(n1)c(C#CCCCCN1CCC(F)C1)cn2COCc1ccccc1. The summed E-state index contributed by atoms with van der Waals surface area (Å²) < 4.78 is 21.2. The van der Waals surface area contributed by atoms with Crippen LogP contribution in [0, 0.1) is 11.8 Å². The van der Waals surface area contributed by atoms with Crippen molar-refractivity contribution in [3.63, 3.8) is 0 Å². The first-order chi connectivity index (χ1) is 17.1. The van der Waals surface area contributed by atoms with Crippen LogP contribution in [0.5, 0.6) is 0 Å². The Bertz CT molecular complexity index is 1150. The van der Waals surface area contributed by atoms with Crippen LogP contribution in [0.15, 0.2) is 36.5 Å². The largest absolute Gasteiger partial charge is 0.382 e. The van der Waals surface area contributed by atoms with Crippen LogP contribution in [0.4, 0.5) is 10.2 Å². The van der Waals surface area contributed by atoms with Crippen molar-refractivity contribution in [1.82, 2.24) is 19.4 Å². The van der Waals surface area contributed by atoms with Gasteiger partial charge >= 0.3 is 0 Å². The summed E-state index contributed by atoms with van der Waals surface area (Å²) in [5.41, 5.74) is 9.93. The fourth-order valence-corrected chi connectivity index (χ4v) is 4.44. The number of benzene rings is 1. The Kier molecular flexibility index (Phi) is 9.10. The van der Waals surface area contributed by atoms with Crippen molar-refractivity contribution in [2.24, 2.45) is 0 Å². The Labute approximate surface area is 207 Å². The fraction of sp³-hybridized carbons (Fsp3) is 0.500. The van der Waals surface area contributed by atoms with Crippen molar-refractivity contribution in [3.05, 3.63) is 53.5 Å². The second-order valence-corrected chi connectivity index (χ2v) is 9.25. The van der Waals surface area contributed by atoms with Crippen molar-refractivity contribution in [1.29, 1.82) is 0 Å². The van der Waals surface area contributed by atoms with Gasteiger partial charge in [0.25, 0.3) is 0 Å². The molecule has 0 spiro atoms. The monoisotopic (exact) mass is 477 g/mol. The van der Waals surface area contributed by atoms with Crippen molar-refractivity contribution < 1.29 is 9.13 Å². The van der Waals surface area contributed by atoms with Gasteiger partial charge < -0.3 is 19.9 Å². The third-order valence-corrected chi connectivity index (χ3v) is 6.34. The maximum atomic E-state index is 13.3. The normalized spacial score (nSPS) is 16.0. The predicted molar refractivity (Wildman–Crippen MR) is 138 cm³/mol. The molecule has 1 fully saturated rings. The molecule has 1 unspecified atom stereocenters. The van der Waals surface area contributed by atoms with Gasteiger partial charge in [-0.05, 0) is 37.8 Å². The van der Waals surface area contributed by atoms with E-state index >= 15 is 0 Å². The summed E-state index contributed by atoms with van der Waals surface area (Å²) in [5, 5.41) is 0. The number of anilines is 1. The molecule has 3 heterocycles. The van der Waals surface area contributed by atoms with Gasteiger partial charge in [-0.1, -0.05) is 55.5 Å². The van der Waals surface area contributed by atoms with Crippen LogP contribution in [0.25, 0.3) is 11.0 Å². The molecule has 0 saturated carbocycles. The molecule has 3 aromatic rings. The highest BCUT2D eigenvalue weighted by Crippen LogP contribution is 2.24. The zero-order valence-electron chi connectivity index (χ0n) is 20.7. The molecule has 0 radical (unpaired) electrons. The molecular formula is C28H36FN5O. The molecule has 6 nitrogen and oxygen atoms in total. The summed E-state index contributed by atoms with van der Waals surface area (Å²) >= 11 is 0. The fourth-order valence-electron chi connectivity index (χ4n) is 4.44. The van der Waals surface area contributed by atoms with Crippen LogP contribution in [0.3, 0.4) is 0 Å². The first-order valence-electron chi connectivity index (χ1n) is 12.8. The van der Waals surface area contributed by atoms with Gasteiger partial charge in [0, 0.05) is 32.1 Å². The summed E-state index contributed by atoms with van der Waals surface area (Å²) in [6, 6.07) is 10.1. The molecule has 35 heavy (non-hydrogen) atoms. The Balaban J connectivity index is 1.44. The summed E-state index contributed by atoms with van der Waals surface area (Å²) in [4.78, 5) is 11.6. The minimum atomic E-state index is -0.652. The molecule has 1 aliphatic heterocycles. The predicted octanol–water partition coefficient (Wildman–Crippen LogP) is 5.10. The zero-order chi connectivity index (χ0) is 24.5. The number of hydrogen-bond donors (Lipinski definition) is 1. The van der Waals surface area contributed by atoms with E-state index in [1.165, 1.54) is 0 Å². The van der Waals surface area contributed by atoms with Crippen LogP contribution in [0.2, 0.25) is 0 Å². The molecule has 1 atom stereocenters. The van der Waals surface area contributed by atoms with Crippen molar-refractivity contribution in [2.75, 3.05) is 25.4 Å². The average molecular weight is 478 g/mol. The number of hydrogen-bond acceptors (Lipinski definition) is 5. The second kappa shape index (κ2) is 12.7. The summed E-state index contributed by atoms with van der Waals surface area (Å²) in [6.07, 6.45) is 7.72. The number of aryl methyl sites for hydroxylation is 1. The van der Waals surface area contributed by atoms with E-state index in [2.05, 4.69) is 28.6 Å². The standard InChI is InChI=1S/C28H36FN5O/c1-2-3-14-25-31-26-23(13-9-4-5-10-16-33-17-15-24(29)19-33)18-34(27(26)28(30)32-25)21-35-20-22-11-7-6-8-12-22/h6-8,11-12,18,24H,2-5,10,14-17,19-21H2,1H3,(H2,30,31,32). The molecule has 1 aliphatic rings. The summed E-state index contributed by atoms with van der Waals surface area (Å²) in [7, 11) is 0. The first-order valence-corrected chi connectivity index (χ1v) is 12.8. The first kappa shape index (κ1) is 25.2. The lowest BCUT2D eigenvalue weighted by atomic mass is 10.2. The van der Waals surface area contributed by atoms with Crippen LogP contribution in [0.1, 0.15) is 62.4 Å². The van der Waals surface area contributed by atoms with Gasteiger partial charge in [-0.15, -0.1) is 0 Å². The number of rotatable bonds is 11. The number of likely N-dealkylation sites (tertiary alicyclic amines) is 1. The van der Waals surface area contributed by atoms with Crippen LogP contribution in [-0.4, -0.2) is 45.2 Å². The lowest BCUT2D eigenvalue weighted by molar-refractivity contribution is 0.0668. The van der Waals surface area contributed by atoms with E-state index in [1.54, 1.807) is 0 Å². The molecule has 0 bridgehead atoms. The summed E-state index contributed by atoms with van der Waals surface area (Å²) in [5.74, 6) is 7.85. The number of nitrogens with two attached hydrogens (primary N) is 1. The summed E-state index contributed by atoms with van der Waals surface area (Å²) in [6.45, 7) is 5.42. The van der Waals surface area contributed by atoms with E-state index in [4.69, 9.17) is 15.5 Å². The number of nitrogen functional groups attached to an aromatic ring is 1. The van der Waals surface area contributed by atoms with Crippen molar-refractivity contribution in [3.8, 4) is 11.8 Å². The third kappa shape index (κ3) is 7.03. The highest BCUT2D eigenvalue weighted by atomic mass is 19.1. The van der Waals surface area contributed by atoms with Crippen molar-refractivity contribution >= 4 is 16.9 Å². The molecule has 186 valence electrons. The molecular weight excluding hydrogens is 441 g/mol. The average Bonchev–Trinajstić information content (AvgIpc) is 3.44. The molecule has 0 amide bonds. The minimum absolute atomic E-state index is 0.348. The number of fused-ring (bicyclic) bond motifs is 1. The van der Waals surface area contributed by atoms with E-state index in [0.717, 1.165) is 79.6 Å². The van der Waals surface area contributed by atoms with E-state index in [0.29, 0.717) is 32.1 Å². The topological polar surface area (TPSA) is 69.2 Å². The Morgan fingerprint density at radius 1 is 1.17 bits per heavy atom. The molecule has 7 heteroatoms. The minimum Gasteiger partial charge on any atom is -0.382 e. The highest BCUT2D eigenvalue weighted by molar-refractivity contribution is 5.90. The highest BCUT2D eigenvalue weighted by Gasteiger charge is 2.20. The lowest BCUT2D eigenvalue weighted by Gasteiger charge is -2.13. The van der Waals surface area contributed by atoms with Crippen LogP contribution < -0.4 is 5.73 Å². The van der Waals surface area contributed by atoms with Gasteiger partial charge in [0.05, 0.1) is 12.2 Å². The Morgan fingerprint density at radius 3 is 2.80 bits per heavy atom. The van der Waals surface area contributed by atoms with Gasteiger partial charge in [-0.2, -0.15) is 0 Å². The van der Waals surface area contributed by atoms with Gasteiger partial charge in [0.1, 0.15) is 29.8 Å². The van der Waals surface area contributed by atoms with E-state index < -0.39 is 6.17 Å². The quantitative estimate of drug-likeness (QED) is 0.308. The van der Waals surface area contributed by atoms with E-state index in [1.807, 2.05) is 41.1 Å². The molecule has 2 aromatic heterocycles. The van der Waals surface area contributed by atoms with Gasteiger partial charge in [-0.3, -0.25) is 0 Å². The smallest absolute Gasteiger partial charge is 0.151 e. The lowest BCUT2D eigenvalue weighted by Crippen LogP contribution is -2.22. The van der Waals surface area contributed by atoms with Gasteiger partial charge in [0.15, 0.2) is 5.82 Å². The molecule has 0 aliphatic carbocycles. The Hall–Kier alpha value is -2.95. The molecule has 1 saturated heterocycles. The third-order valence-electron chi connectivity index (χ3n) is 6.34. The second-order valence-electron chi connectivity index (χ2n) is 9.25. The maximum absolute atomic E-state index is 13.3.